The van der Waals surface area contributed by atoms with Gasteiger partial charge in [-0.15, -0.1) is 0 Å². The summed E-state index contributed by atoms with van der Waals surface area (Å²) in [6.07, 6.45) is 0. The van der Waals surface area contributed by atoms with Gasteiger partial charge in [0.05, 0.1) is 0 Å². The van der Waals surface area contributed by atoms with Gasteiger partial charge >= 0.3 is 37.7 Å². The van der Waals surface area contributed by atoms with Gasteiger partial charge in [-0.3, -0.25) is 0 Å². The first kappa shape index (κ1) is 32.6. The van der Waals surface area contributed by atoms with Crippen LogP contribution in [-0.4, -0.2) is 63.5 Å². The van der Waals surface area contributed by atoms with E-state index in [0.29, 0.717) is 0 Å². The molecule has 0 bridgehead atoms. The van der Waals surface area contributed by atoms with Crippen molar-refractivity contribution < 1.29 is 17.1 Å². The summed E-state index contributed by atoms with van der Waals surface area (Å²) in [7, 11) is 0. The molecule has 0 atom stereocenters. The maximum atomic E-state index is 0. The van der Waals surface area contributed by atoms with Crippen molar-refractivity contribution in [2.75, 3.05) is 0 Å². The van der Waals surface area contributed by atoms with Crippen LogP contribution < -0.4 is 0 Å². The fourth-order valence-electron chi connectivity index (χ4n) is 0. The van der Waals surface area contributed by atoms with Gasteiger partial charge in [0, 0.05) is 42.8 Å². The molecule has 21 valence electrons. The predicted molar refractivity (Wildman–Crippen MR) is 20.1 cm³/mol. The number of hydrogen-bond donors (Lipinski definition) is 0. The first-order chi connectivity index (χ1) is 0. The van der Waals surface area contributed by atoms with Crippen molar-refractivity contribution in [1.82, 2.24) is 0 Å². The molecule has 0 heterocycles. The molecule has 0 saturated heterocycles. The summed E-state index contributed by atoms with van der Waals surface area (Å²) in [6, 6.07) is 0. The van der Waals surface area contributed by atoms with Gasteiger partial charge in [0.15, 0.2) is 0 Å². The molecule has 0 aliphatic heterocycles. The van der Waals surface area contributed by atoms with E-state index in [1.807, 2.05) is 0 Å². The minimum atomic E-state index is 0. The molecule has 0 aromatic carbocycles. The topological polar surface area (TPSA) is 0 Å². The third-order valence-corrected chi connectivity index (χ3v) is 0. The average Bonchev–Trinajstić information content (AvgIpc) is 0. The SMILES string of the molecule is [Al].[B].[CaH2].[Cu]. The Kier molecular flexibility index (Phi) is 149. The van der Waals surface area contributed by atoms with Crippen LogP contribution in [0.2, 0.25) is 0 Å². The number of rotatable bonds is 0. The van der Waals surface area contributed by atoms with Crippen molar-refractivity contribution in [2.24, 2.45) is 0 Å². The van der Waals surface area contributed by atoms with Crippen molar-refractivity contribution in [1.29, 1.82) is 0 Å². The summed E-state index contributed by atoms with van der Waals surface area (Å²) < 4.78 is 0. The van der Waals surface area contributed by atoms with Gasteiger partial charge < -0.3 is 0 Å². The van der Waals surface area contributed by atoms with E-state index in [4.69, 9.17) is 0 Å². The van der Waals surface area contributed by atoms with Crippen molar-refractivity contribution >= 4 is 63.5 Å². The van der Waals surface area contributed by atoms with E-state index in [0.717, 1.165) is 0 Å². The molecule has 0 aromatic rings. The quantitative estimate of drug-likeness (QED) is 0.356. The molecule has 4 heavy (non-hydrogen) atoms. The molecule has 0 unspecified atom stereocenters. The molecular formula is H2AlBCaCu. The molecule has 0 spiro atoms. The zero-order valence-electron chi connectivity index (χ0n) is 1.46. The average molecular weight is 143 g/mol. The standard InChI is InChI=1S/Al.B.Ca.Cu.2H. The van der Waals surface area contributed by atoms with E-state index in [1.54, 1.807) is 0 Å². The van der Waals surface area contributed by atoms with Crippen LogP contribution in [0.15, 0.2) is 0 Å². The van der Waals surface area contributed by atoms with Gasteiger partial charge in [-0.2, -0.15) is 0 Å². The molecule has 0 nitrogen and oxygen atoms in total. The van der Waals surface area contributed by atoms with Crippen molar-refractivity contribution in [3.8, 4) is 0 Å². The first-order valence-corrected chi connectivity index (χ1v) is 0. The van der Waals surface area contributed by atoms with Crippen LogP contribution in [0, 0.1) is 0 Å². The summed E-state index contributed by atoms with van der Waals surface area (Å²) in [4.78, 5) is 0. The van der Waals surface area contributed by atoms with Gasteiger partial charge in [-0.1, -0.05) is 0 Å². The zero-order valence-corrected chi connectivity index (χ0v) is 3.55. The van der Waals surface area contributed by atoms with E-state index in [2.05, 4.69) is 0 Å². The Bertz CT molecular complexity index is 8.00. The summed E-state index contributed by atoms with van der Waals surface area (Å²) in [5.41, 5.74) is 0. The van der Waals surface area contributed by atoms with E-state index >= 15 is 0 Å². The molecule has 0 rings (SSSR count). The Morgan fingerprint density at radius 1 is 1.00 bits per heavy atom. The maximum Gasteiger partial charge on any atom is 0 e. The Morgan fingerprint density at radius 2 is 1.00 bits per heavy atom. The summed E-state index contributed by atoms with van der Waals surface area (Å²) in [5, 5.41) is 0. The Balaban J connectivity index is 0. The summed E-state index contributed by atoms with van der Waals surface area (Å²) in [6.45, 7) is 0. The summed E-state index contributed by atoms with van der Waals surface area (Å²) >= 11 is 0. The van der Waals surface area contributed by atoms with Crippen LogP contribution in [0.5, 0.6) is 0 Å². The molecule has 0 saturated carbocycles. The van der Waals surface area contributed by atoms with Crippen LogP contribution in [-0.2, 0) is 17.1 Å². The molecule has 0 aliphatic rings. The van der Waals surface area contributed by atoms with Gasteiger partial charge in [-0.25, -0.2) is 0 Å². The third-order valence-electron chi connectivity index (χ3n) is 0. The van der Waals surface area contributed by atoms with Crippen molar-refractivity contribution in [3.05, 3.63) is 0 Å². The van der Waals surface area contributed by atoms with Crippen LogP contribution in [0.3, 0.4) is 0 Å². The van der Waals surface area contributed by atoms with Gasteiger partial charge in [0.1, 0.15) is 0 Å². The van der Waals surface area contributed by atoms with E-state index in [9.17, 15) is 0 Å². The fourth-order valence-corrected chi connectivity index (χ4v) is 0. The predicted octanol–water partition coefficient (Wildman–Crippen LogP) is -1.68. The molecule has 0 amide bonds. The monoisotopic (exact) mass is 143 g/mol. The normalized spacial score (nSPS) is 0. The second-order valence-corrected chi connectivity index (χ2v) is 0. The van der Waals surface area contributed by atoms with Gasteiger partial charge in [0.2, 0.25) is 0 Å². The van der Waals surface area contributed by atoms with E-state index in [-0.39, 0.29) is 80.6 Å². The molecule has 0 fully saturated rings. The maximum absolute atomic E-state index is 0. The Labute approximate surface area is 79.3 Å². The molecule has 0 N–H and O–H groups in total. The van der Waals surface area contributed by atoms with E-state index < -0.39 is 0 Å². The minimum absolute atomic E-state index is 0. The van der Waals surface area contributed by atoms with Gasteiger partial charge in [0.25, 0.3) is 0 Å². The second-order valence-electron chi connectivity index (χ2n) is 0. The van der Waals surface area contributed by atoms with Crippen LogP contribution in [0.4, 0.5) is 0 Å². The Hall–Kier alpha value is 2.38. The minimum Gasteiger partial charge on any atom is 0 e. The second kappa shape index (κ2) is 18.2. The van der Waals surface area contributed by atoms with Crippen LogP contribution in [0.25, 0.3) is 0 Å². The zero-order chi connectivity index (χ0) is 0. The first-order valence-electron chi connectivity index (χ1n) is 0. The van der Waals surface area contributed by atoms with E-state index in [1.165, 1.54) is 0 Å². The van der Waals surface area contributed by atoms with Crippen LogP contribution in [0.1, 0.15) is 0 Å². The summed E-state index contributed by atoms with van der Waals surface area (Å²) in [5.74, 6) is 0. The largest absolute Gasteiger partial charge is 0 e. The smallest absolute Gasteiger partial charge is 0 e. The molecular weight excluding hydrogens is 141 g/mol. The Morgan fingerprint density at radius 3 is 1.00 bits per heavy atom. The number of hydrogen-bond acceptors (Lipinski definition) is 0. The molecule has 0 aromatic heterocycles. The van der Waals surface area contributed by atoms with Crippen LogP contribution >= 0.6 is 0 Å². The fraction of sp³-hybridized carbons (Fsp3) is 0. The molecule has 4 heteroatoms. The molecule has 7 radical (unpaired) electrons. The van der Waals surface area contributed by atoms with Gasteiger partial charge in [-0.05, 0) is 0 Å². The van der Waals surface area contributed by atoms with Crippen molar-refractivity contribution in [2.45, 2.75) is 0 Å². The molecule has 0 aliphatic carbocycles. The van der Waals surface area contributed by atoms with Crippen molar-refractivity contribution in [3.63, 3.8) is 0 Å². The third kappa shape index (κ3) is 8.83.